The van der Waals surface area contributed by atoms with E-state index < -0.39 is 0 Å². The maximum absolute atomic E-state index is 12.6. The number of carbonyl (C=O) groups is 2. The number of nitrogens with zero attached hydrogens (tertiary/aromatic N) is 2. The van der Waals surface area contributed by atoms with E-state index in [0.717, 1.165) is 0 Å². The van der Waals surface area contributed by atoms with Crippen LogP contribution in [0, 0.1) is 11.3 Å². The van der Waals surface area contributed by atoms with Gasteiger partial charge in [-0.15, -0.1) is 11.3 Å². The van der Waals surface area contributed by atoms with Gasteiger partial charge in [-0.2, -0.15) is 5.26 Å². The van der Waals surface area contributed by atoms with Gasteiger partial charge in [0.1, 0.15) is 11.9 Å². The van der Waals surface area contributed by atoms with E-state index in [9.17, 15) is 9.59 Å². The van der Waals surface area contributed by atoms with Gasteiger partial charge in [-0.3, -0.25) is 9.59 Å². The van der Waals surface area contributed by atoms with Crippen LogP contribution in [-0.4, -0.2) is 29.8 Å². The van der Waals surface area contributed by atoms with Crippen LogP contribution in [0.1, 0.15) is 31.2 Å². The van der Waals surface area contributed by atoms with Crippen molar-refractivity contribution >= 4 is 28.8 Å². The Balaban J connectivity index is 1.62. The van der Waals surface area contributed by atoms with Crippen LogP contribution in [0.2, 0.25) is 0 Å². The number of benzene rings is 1. The van der Waals surface area contributed by atoms with Crippen molar-refractivity contribution < 1.29 is 9.59 Å². The Morgan fingerprint density at radius 1 is 1.04 bits per heavy atom. The van der Waals surface area contributed by atoms with Gasteiger partial charge in [0.2, 0.25) is 5.78 Å². The Bertz CT molecular complexity index is 993. The highest BCUT2D eigenvalue weighted by Crippen LogP contribution is 2.18. The zero-order chi connectivity index (χ0) is 19.1. The molecule has 0 unspecified atom stereocenters. The van der Waals surface area contributed by atoms with Crippen molar-refractivity contribution in [1.29, 1.82) is 5.26 Å². The molecule has 2 aromatic heterocycles. The lowest BCUT2D eigenvalue weighted by Crippen LogP contribution is -2.30. The molecule has 6 nitrogen and oxygen atoms in total. The van der Waals surface area contributed by atoms with Crippen molar-refractivity contribution in [1.82, 2.24) is 10.3 Å². The second-order valence-electron chi connectivity index (χ2n) is 5.55. The molecule has 3 rings (SSSR count). The Morgan fingerprint density at radius 3 is 2.59 bits per heavy atom. The van der Waals surface area contributed by atoms with Gasteiger partial charge in [-0.05, 0) is 29.6 Å². The van der Waals surface area contributed by atoms with Crippen molar-refractivity contribution in [2.24, 2.45) is 0 Å². The normalized spacial score (nSPS) is 10.0. The van der Waals surface area contributed by atoms with E-state index in [1.165, 1.54) is 11.3 Å². The first-order valence-corrected chi connectivity index (χ1v) is 9.13. The number of thiophene rings is 1. The molecule has 0 aliphatic heterocycles. The number of aromatic nitrogens is 1. The molecule has 0 saturated carbocycles. The van der Waals surface area contributed by atoms with E-state index in [1.54, 1.807) is 54.7 Å². The molecule has 0 atom stereocenters. The topological polar surface area (TPSA) is 94.9 Å². The molecule has 2 N–H and O–H groups in total. The maximum Gasteiger partial charge on any atom is 0.252 e. The summed E-state index contributed by atoms with van der Waals surface area (Å²) in [6, 6.07) is 15.7. The minimum Gasteiger partial charge on any atom is -0.367 e. The van der Waals surface area contributed by atoms with Gasteiger partial charge < -0.3 is 10.6 Å². The number of rotatable bonds is 7. The van der Waals surface area contributed by atoms with Crippen LogP contribution in [-0.2, 0) is 0 Å². The summed E-state index contributed by atoms with van der Waals surface area (Å²) >= 11 is 1.34. The van der Waals surface area contributed by atoms with Gasteiger partial charge in [0, 0.05) is 24.8 Å². The number of hydrogen-bond acceptors (Lipinski definition) is 6. The van der Waals surface area contributed by atoms with Crippen LogP contribution in [0.3, 0.4) is 0 Å². The fourth-order valence-corrected chi connectivity index (χ4v) is 3.19. The van der Waals surface area contributed by atoms with Crippen molar-refractivity contribution in [3.8, 4) is 6.07 Å². The molecule has 0 aliphatic carbocycles. The van der Waals surface area contributed by atoms with E-state index in [0.29, 0.717) is 40.5 Å². The summed E-state index contributed by atoms with van der Waals surface area (Å²) < 4.78 is 0. The molecule has 0 bridgehead atoms. The molecule has 3 aromatic rings. The molecule has 7 heteroatoms. The molecule has 27 heavy (non-hydrogen) atoms. The van der Waals surface area contributed by atoms with Crippen LogP contribution in [0.25, 0.3) is 0 Å². The molecule has 0 spiro atoms. The molecule has 1 aromatic carbocycles. The fourth-order valence-electron chi connectivity index (χ4n) is 2.51. The van der Waals surface area contributed by atoms with E-state index in [1.807, 2.05) is 5.38 Å². The molecule has 0 saturated heterocycles. The lowest BCUT2D eigenvalue weighted by molar-refractivity contribution is 0.0944. The maximum atomic E-state index is 12.6. The first-order chi connectivity index (χ1) is 13.2. The standard InChI is InChI=1S/C20H16N4O2S/c21-13-14-5-3-9-22-19(14)23-10-11-24-20(26)16-7-2-1-6-15(16)18(25)17-8-4-12-27-17/h1-9,12H,10-11H2,(H,22,23)(H,24,26). The molecule has 134 valence electrons. The number of amides is 1. The molecule has 0 aliphatic rings. The lowest BCUT2D eigenvalue weighted by atomic mass is 10.0. The number of ketones is 1. The third-order valence-corrected chi connectivity index (χ3v) is 4.66. The summed E-state index contributed by atoms with van der Waals surface area (Å²) in [5.74, 6) is -0.0117. The Kier molecular flexibility index (Phi) is 5.92. The van der Waals surface area contributed by atoms with Crippen molar-refractivity contribution in [3.05, 3.63) is 81.7 Å². The number of carbonyl (C=O) groups excluding carboxylic acids is 2. The van der Waals surface area contributed by atoms with Crippen molar-refractivity contribution in [3.63, 3.8) is 0 Å². The molecule has 0 radical (unpaired) electrons. The van der Waals surface area contributed by atoms with E-state index in [4.69, 9.17) is 5.26 Å². The third kappa shape index (κ3) is 4.37. The number of nitrogens with one attached hydrogen (secondary N) is 2. The van der Waals surface area contributed by atoms with Gasteiger partial charge >= 0.3 is 0 Å². The average Bonchev–Trinajstić information content (AvgIpc) is 3.25. The fraction of sp³-hybridized carbons (Fsp3) is 0.100. The van der Waals surface area contributed by atoms with E-state index in [2.05, 4.69) is 21.7 Å². The summed E-state index contributed by atoms with van der Waals surface area (Å²) in [4.78, 5) is 29.8. The van der Waals surface area contributed by atoms with Gasteiger partial charge in [0.05, 0.1) is 16.0 Å². The van der Waals surface area contributed by atoms with Crippen molar-refractivity contribution in [2.75, 3.05) is 18.4 Å². The smallest absolute Gasteiger partial charge is 0.252 e. The summed E-state index contributed by atoms with van der Waals surface area (Å²) in [5.41, 5.74) is 1.16. The largest absolute Gasteiger partial charge is 0.367 e. The zero-order valence-corrected chi connectivity index (χ0v) is 15.1. The second-order valence-corrected chi connectivity index (χ2v) is 6.49. The van der Waals surface area contributed by atoms with E-state index >= 15 is 0 Å². The van der Waals surface area contributed by atoms with Crippen LogP contribution < -0.4 is 10.6 Å². The predicted octanol–water partition coefficient (Wildman–Crippen LogP) is 3.09. The third-order valence-electron chi connectivity index (χ3n) is 3.79. The quantitative estimate of drug-likeness (QED) is 0.488. The lowest BCUT2D eigenvalue weighted by Gasteiger charge is -2.10. The van der Waals surface area contributed by atoms with Crippen molar-refractivity contribution in [2.45, 2.75) is 0 Å². The second kappa shape index (κ2) is 8.74. The first kappa shape index (κ1) is 18.3. The Hall–Kier alpha value is -3.50. The molecule has 1 amide bonds. The highest BCUT2D eigenvalue weighted by Gasteiger charge is 2.18. The Labute approximate surface area is 160 Å². The summed E-state index contributed by atoms with van der Waals surface area (Å²) in [6.07, 6.45) is 1.59. The SMILES string of the molecule is N#Cc1cccnc1NCCNC(=O)c1ccccc1C(=O)c1cccs1. The van der Waals surface area contributed by atoms with Gasteiger partial charge in [-0.25, -0.2) is 4.98 Å². The molecular weight excluding hydrogens is 360 g/mol. The van der Waals surface area contributed by atoms with Crippen LogP contribution in [0.5, 0.6) is 0 Å². The number of nitriles is 1. The van der Waals surface area contributed by atoms with Gasteiger partial charge in [-0.1, -0.05) is 24.3 Å². The highest BCUT2D eigenvalue weighted by molar-refractivity contribution is 7.12. The highest BCUT2D eigenvalue weighted by atomic mass is 32.1. The molecule has 2 heterocycles. The van der Waals surface area contributed by atoms with Crippen LogP contribution in [0.4, 0.5) is 5.82 Å². The van der Waals surface area contributed by atoms with Crippen LogP contribution >= 0.6 is 11.3 Å². The van der Waals surface area contributed by atoms with Gasteiger partial charge in [0.15, 0.2) is 0 Å². The van der Waals surface area contributed by atoms with Crippen LogP contribution in [0.15, 0.2) is 60.1 Å². The summed E-state index contributed by atoms with van der Waals surface area (Å²) in [6.45, 7) is 0.722. The number of hydrogen-bond donors (Lipinski definition) is 2. The zero-order valence-electron chi connectivity index (χ0n) is 14.3. The van der Waals surface area contributed by atoms with E-state index in [-0.39, 0.29) is 11.7 Å². The average molecular weight is 376 g/mol. The molecular formula is C20H16N4O2S. The van der Waals surface area contributed by atoms with Gasteiger partial charge in [0.25, 0.3) is 5.91 Å². The monoisotopic (exact) mass is 376 g/mol. The number of anilines is 1. The summed E-state index contributed by atoms with van der Waals surface area (Å²) in [7, 11) is 0. The predicted molar refractivity (Wildman–Crippen MR) is 104 cm³/mol. The first-order valence-electron chi connectivity index (χ1n) is 8.25. The minimum absolute atomic E-state index is 0.166. The summed E-state index contributed by atoms with van der Waals surface area (Å²) in [5, 5.41) is 16.7. The molecule has 0 fully saturated rings. The number of pyridine rings is 1. The minimum atomic E-state index is -0.321. The Morgan fingerprint density at radius 2 is 1.85 bits per heavy atom.